The van der Waals surface area contributed by atoms with E-state index in [2.05, 4.69) is 146 Å². The van der Waals surface area contributed by atoms with Gasteiger partial charge < -0.3 is 0 Å². The number of thiophene rings is 1. The molecule has 0 unspecified atom stereocenters. The van der Waals surface area contributed by atoms with Gasteiger partial charge in [-0.25, -0.2) is 0 Å². The summed E-state index contributed by atoms with van der Waals surface area (Å²) in [6.45, 7) is 0. The Labute approximate surface area is 231 Å². The van der Waals surface area contributed by atoms with Gasteiger partial charge in [0.15, 0.2) is 0 Å². The van der Waals surface area contributed by atoms with Gasteiger partial charge in [-0.15, -0.1) is 11.3 Å². The highest BCUT2D eigenvalue weighted by Crippen LogP contribution is 2.43. The average Bonchev–Trinajstić information content (AvgIpc) is 3.52. The summed E-state index contributed by atoms with van der Waals surface area (Å²) < 4.78 is 0. The van der Waals surface area contributed by atoms with Crippen LogP contribution >= 0.6 is 11.3 Å². The van der Waals surface area contributed by atoms with Crippen LogP contribution in [0, 0.1) is 0 Å². The van der Waals surface area contributed by atoms with Crippen molar-refractivity contribution in [2.75, 3.05) is 0 Å². The standard InChI is InChI=1S/C38H24S/c1-2-10-26(11-3-1)36-22-23-37(39-36)27-20-18-25(19-21-27)34-24-35-30-14-5-4-12-28(30)29-13-6-8-16-32(29)38(35)33-17-9-7-15-31(33)34/h1-24H. The summed E-state index contributed by atoms with van der Waals surface area (Å²) in [5.74, 6) is 0. The fraction of sp³-hybridized carbons (Fsp3) is 0. The summed E-state index contributed by atoms with van der Waals surface area (Å²) in [7, 11) is 0. The molecule has 0 amide bonds. The van der Waals surface area contributed by atoms with E-state index in [1.165, 1.54) is 75.1 Å². The van der Waals surface area contributed by atoms with Crippen LogP contribution in [0.3, 0.4) is 0 Å². The first-order chi connectivity index (χ1) is 19.3. The van der Waals surface area contributed by atoms with Gasteiger partial charge in [-0.3, -0.25) is 0 Å². The first-order valence-electron chi connectivity index (χ1n) is 13.4. The van der Waals surface area contributed by atoms with E-state index in [1.807, 2.05) is 11.3 Å². The Morgan fingerprint density at radius 3 is 1.38 bits per heavy atom. The van der Waals surface area contributed by atoms with Crippen molar-refractivity contribution in [1.29, 1.82) is 0 Å². The van der Waals surface area contributed by atoms with Crippen LogP contribution in [0.2, 0.25) is 0 Å². The van der Waals surface area contributed by atoms with Crippen molar-refractivity contribution >= 4 is 54.4 Å². The van der Waals surface area contributed by atoms with Crippen molar-refractivity contribution in [2.45, 2.75) is 0 Å². The molecule has 0 saturated carbocycles. The van der Waals surface area contributed by atoms with Crippen molar-refractivity contribution in [3.8, 4) is 32.0 Å². The van der Waals surface area contributed by atoms with Gasteiger partial charge in [0, 0.05) is 9.75 Å². The molecule has 0 N–H and O–H groups in total. The highest BCUT2D eigenvalue weighted by atomic mass is 32.1. The second-order valence-corrected chi connectivity index (χ2v) is 11.2. The van der Waals surface area contributed by atoms with E-state index in [1.54, 1.807) is 0 Å². The van der Waals surface area contributed by atoms with Gasteiger partial charge in [0.1, 0.15) is 0 Å². The molecular weight excluding hydrogens is 488 g/mol. The van der Waals surface area contributed by atoms with E-state index in [0.29, 0.717) is 0 Å². The molecule has 1 heterocycles. The van der Waals surface area contributed by atoms with Gasteiger partial charge in [-0.1, -0.05) is 127 Å². The lowest BCUT2D eigenvalue weighted by Crippen LogP contribution is -1.88. The molecule has 0 atom stereocenters. The summed E-state index contributed by atoms with van der Waals surface area (Å²) in [4.78, 5) is 2.59. The van der Waals surface area contributed by atoms with Gasteiger partial charge in [0.05, 0.1) is 0 Å². The van der Waals surface area contributed by atoms with Crippen molar-refractivity contribution in [3.63, 3.8) is 0 Å². The third-order valence-electron chi connectivity index (χ3n) is 7.89. The summed E-state index contributed by atoms with van der Waals surface area (Å²) in [5, 5.41) is 10.5. The van der Waals surface area contributed by atoms with Crippen LogP contribution in [0.25, 0.3) is 75.1 Å². The topological polar surface area (TPSA) is 0 Å². The van der Waals surface area contributed by atoms with Crippen LogP contribution in [0.1, 0.15) is 0 Å². The van der Waals surface area contributed by atoms with Crippen molar-refractivity contribution in [1.82, 2.24) is 0 Å². The number of hydrogen-bond donors (Lipinski definition) is 0. The molecule has 0 aliphatic rings. The van der Waals surface area contributed by atoms with E-state index < -0.39 is 0 Å². The van der Waals surface area contributed by atoms with Gasteiger partial charge in [0.25, 0.3) is 0 Å². The second-order valence-electron chi connectivity index (χ2n) is 10.1. The maximum absolute atomic E-state index is 2.42. The molecule has 0 fully saturated rings. The fourth-order valence-corrected chi connectivity index (χ4v) is 7.09. The number of fused-ring (bicyclic) bond motifs is 8. The minimum atomic E-state index is 1.24. The van der Waals surface area contributed by atoms with E-state index in [0.717, 1.165) is 0 Å². The Hall–Kier alpha value is -4.72. The van der Waals surface area contributed by atoms with E-state index in [4.69, 9.17) is 0 Å². The number of rotatable bonds is 3. The Morgan fingerprint density at radius 2 is 0.744 bits per heavy atom. The lowest BCUT2D eigenvalue weighted by atomic mass is 9.87. The molecule has 0 spiro atoms. The van der Waals surface area contributed by atoms with Crippen molar-refractivity contribution < 1.29 is 0 Å². The summed E-state index contributed by atoms with van der Waals surface area (Å²) >= 11 is 1.85. The Morgan fingerprint density at radius 1 is 0.308 bits per heavy atom. The molecular formula is C38H24S. The van der Waals surface area contributed by atoms with Crippen molar-refractivity contribution in [2.24, 2.45) is 0 Å². The maximum atomic E-state index is 2.42. The third-order valence-corrected chi connectivity index (χ3v) is 9.08. The summed E-state index contributed by atoms with van der Waals surface area (Å²) in [5.41, 5.74) is 5.05. The molecule has 8 aromatic rings. The van der Waals surface area contributed by atoms with Gasteiger partial charge in [0.2, 0.25) is 0 Å². The van der Waals surface area contributed by atoms with E-state index in [9.17, 15) is 0 Å². The van der Waals surface area contributed by atoms with E-state index >= 15 is 0 Å². The van der Waals surface area contributed by atoms with Gasteiger partial charge >= 0.3 is 0 Å². The molecule has 7 aromatic carbocycles. The van der Waals surface area contributed by atoms with Crippen molar-refractivity contribution in [3.05, 3.63) is 146 Å². The number of benzene rings is 7. The largest absolute Gasteiger partial charge is 0.135 e. The number of hydrogen-bond acceptors (Lipinski definition) is 1. The Balaban J connectivity index is 1.33. The van der Waals surface area contributed by atoms with Gasteiger partial charge in [-0.2, -0.15) is 0 Å². The van der Waals surface area contributed by atoms with Crippen LogP contribution < -0.4 is 0 Å². The first-order valence-corrected chi connectivity index (χ1v) is 14.2. The molecule has 0 aliphatic heterocycles. The molecule has 0 aliphatic carbocycles. The van der Waals surface area contributed by atoms with Crippen LogP contribution in [-0.2, 0) is 0 Å². The molecule has 182 valence electrons. The SMILES string of the molecule is c1ccc(-c2ccc(-c3ccc(-c4cc5c6ccccc6c6ccccc6c5c5ccccc45)cc3)s2)cc1. The zero-order valence-electron chi connectivity index (χ0n) is 21.3. The third kappa shape index (κ3) is 3.59. The quantitative estimate of drug-likeness (QED) is 0.207. The molecule has 0 bridgehead atoms. The van der Waals surface area contributed by atoms with Crippen LogP contribution in [0.15, 0.2) is 146 Å². The highest BCUT2D eigenvalue weighted by Gasteiger charge is 2.15. The smallest absolute Gasteiger partial charge is 0.0349 e. The Kier molecular flexibility index (Phi) is 5.11. The zero-order chi connectivity index (χ0) is 25.8. The minimum absolute atomic E-state index is 1.24. The molecule has 1 aromatic heterocycles. The average molecular weight is 513 g/mol. The molecule has 0 radical (unpaired) electrons. The monoisotopic (exact) mass is 512 g/mol. The second kappa shape index (κ2) is 8.94. The maximum Gasteiger partial charge on any atom is 0.0349 e. The molecule has 39 heavy (non-hydrogen) atoms. The lowest BCUT2D eigenvalue weighted by Gasteiger charge is -2.16. The summed E-state index contributed by atoms with van der Waals surface area (Å²) in [6.07, 6.45) is 0. The van der Waals surface area contributed by atoms with E-state index in [-0.39, 0.29) is 0 Å². The molecule has 0 saturated heterocycles. The van der Waals surface area contributed by atoms with Crippen LogP contribution in [0.4, 0.5) is 0 Å². The molecule has 0 nitrogen and oxygen atoms in total. The lowest BCUT2D eigenvalue weighted by molar-refractivity contribution is 1.66. The highest BCUT2D eigenvalue weighted by molar-refractivity contribution is 7.18. The molecule has 1 heteroatoms. The summed E-state index contributed by atoms with van der Waals surface area (Å²) in [6, 6.07) is 53.2. The normalized spacial score (nSPS) is 11.6. The minimum Gasteiger partial charge on any atom is -0.135 e. The zero-order valence-corrected chi connectivity index (χ0v) is 22.1. The predicted molar refractivity (Wildman–Crippen MR) is 171 cm³/mol. The predicted octanol–water partition coefficient (Wildman–Crippen LogP) is 11.4. The molecule has 8 rings (SSSR count). The van der Waals surface area contributed by atoms with Gasteiger partial charge in [-0.05, 0) is 83.5 Å². The van der Waals surface area contributed by atoms with Crippen LogP contribution in [-0.4, -0.2) is 0 Å². The first kappa shape index (κ1) is 22.3. The fourth-order valence-electron chi connectivity index (χ4n) is 6.07. The van der Waals surface area contributed by atoms with Crippen LogP contribution in [0.5, 0.6) is 0 Å². The Bertz CT molecular complexity index is 2150.